The van der Waals surface area contributed by atoms with Gasteiger partial charge in [0.2, 0.25) is 11.8 Å². The molecule has 0 radical (unpaired) electrons. The molecular formula is C21H23N3O5. The van der Waals surface area contributed by atoms with Gasteiger partial charge in [-0.15, -0.1) is 10.2 Å². The molecule has 152 valence electrons. The number of benzene rings is 2. The van der Waals surface area contributed by atoms with Crippen molar-refractivity contribution in [3.05, 3.63) is 53.9 Å². The van der Waals surface area contributed by atoms with E-state index in [0.717, 1.165) is 0 Å². The van der Waals surface area contributed by atoms with E-state index in [1.165, 1.54) is 4.90 Å². The standard InChI is InChI=1S/C21H23N3O5/c1-5-28-16-9-7-6-8-15(16)21(25)24(2)13-19-22-23-20(29-19)14-10-11-17(26-3)18(12-14)27-4/h6-12H,5,13H2,1-4H3. The summed E-state index contributed by atoms with van der Waals surface area (Å²) in [5.41, 5.74) is 1.17. The van der Waals surface area contributed by atoms with E-state index in [1.807, 2.05) is 13.0 Å². The quantitative estimate of drug-likeness (QED) is 0.575. The molecule has 8 nitrogen and oxygen atoms in total. The molecule has 1 amide bonds. The first kappa shape index (κ1) is 20.2. The molecule has 0 atom stereocenters. The second-order valence-electron chi connectivity index (χ2n) is 6.16. The number of para-hydroxylation sites is 1. The predicted octanol–water partition coefficient (Wildman–Crippen LogP) is 3.42. The Morgan fingerprint density at radius 3 is 2.52 bits per heavy atom. The molecule has 0 bridgehead atoms. The average Bonchev–Trinajstić information content (AvgIpc) is 3.21. The van der Waals surface area contributed by atoms with Crippen LogP contribution in [0, 0.1) is 0 Å². The number of carbonyl (C=O) groups excluding carboxylic acids is 1. The lowest BCUT2D eigenvalue weighted by molar-refractivity contribution is 0.0769. The number of rotatable bonds is 8. The first-order valence-corrected chi connectivity index (χ1v) is 9.09. The van der Waals surface area contributed by atoms with Crippen molar-refractivity contribution in [2.24, 2.45) is 0 Å². The highest BCUT2D eigenvalue weighted by Gasteiger charge is 2.19. The predicted molar refractivity (Wildman–Crippen MR) is 106 cm³/mol. The van der Waals surface area contributed by atoms with Crippen LogP contribution in [0.3, 0.4) is 0 Å². The molecule has 29 heavy (non-hydrogen) atoms. The number of ether oxygens (including phenoxy) is 3. The van der Waals surface area contributed by atoms with Gasteiger partial charge >= 0.3 is 0 Å². The number of hydrogen-bond donors (Lipinski definition) is 0. The molecule has 0 unspecified atom stereocenters. The maximum absolute atomic E-state index is 12.8. The third-order valence-electron chi connectivity index (χ3n) is 4.23. The summed E-state index contributed by atoms with van der Waals surface area (Å²) in [7, 11) is 4.80. The summed E-state index contributed by atoms with van der Waals surface area (Å²) >= 11 is 0. The van der Waals surface area contributed by atoms with Crippen molar-refractivity contribution in [3.8, 4) is 28.7 Å². The van der Waals surface area contributed by atoms with Crippen LogP contribution in [0.15, 0.2) is 46.9 Å². The van der Waals surface area contributed by atoms with Gasteiger partial charge in [0.25, 0.3) is 5.91 Å². The first-order chi connectivity index (χ1) is 14.1. The normalized spacial score (nSPS) is 10.5. The van der Waals surface area contributed by atoms with Crippen LogP contribution in [0.2, 0.25) is 0 Å². The van der Waals surface area contributed by atoms with Crippen LogP contribution in [0.25, 0.3) is 11.5 Å². The van der Waals surface area contributed by atoms with Gasteiger partial charge in [0.15, 0.2) is 11.5 Å². The molecule has 0 spiro atoms. The van der Waals surface area contributed by atoms with Crippen molar-refractivity contribution in [2.75, 3.05) is 27.9 Å². The molecule has 8 heteroatoms. The molecule has 0 saturated carbocycles. The monoisotopic (exact) mass is 397 g/mol. The lowest BCUT2D eigenvalue weighted by atomic mass is 10.2. The molecule has 1 heterocycles. The summed E-state index contributed by atoms with van der Waals surface area (Å²) in [4.78, 5) is 14.3. The summed E-state index contributed by atoms with van der Waals surface area (Å²) in [6, 6.07) is 12.4. The molecule has 0 N–H and O–H groups in total. The summed E-state index contributed by atoms with van der Waals surface area (Å²) in [5.74, 6) is 2.17. The molecular weight excluding hydrogens is 374 g/mol. The minimum atomic E-state index is -0.195. The van der Waals surface area contributed by atoms with Gasteiger partial charge in [-0.2, -0.15) is 0 Å². The largest absolute Gasteiger partial charge is 0.493 e. The lowest BCUT2D eigenvalue weighted by Crippen LogP contribution is -2.26. The molecule has 3 rings (SSSR count). The van der Waals surface area contributed by atoms with Gasteiger partial charge in [-0.3, -0.25) is 4.79 Å². The van der Waals surface area contributed by atoms with Gasteiger partial charge in [-0.1, -0.05) is 12.1 Å². The fraction of sp³-hybridized carbons (Fsp3) is 0.286. The minimum absolute atomic E-state index is 0.166. The van der Waals surface area contributed by atoms with Crippen molar-refractivity contribution < 1.29 is 23.4 Å². The average molecular weight is 397 g/mol. The summed E-state index contributed by atoms with van der Waals surface area (Å²) in [6.45, 7) is 2.52. The number of nitrogens with zero attached hydrogens (tertiary/aromatic N) is 3. The number of aromatic nitrogens is 2. The molecule has 0 aliphatic rings. The Kier molecular flexibility index (Phi) is 6.33. The second kappa shape index (κ2) is 9.09. The second-order valence-corrected chi connectivity index (χ2v) is 6.16. The van der Waals surface area contributed by atoms with Gasteiger partial charge in [0.05, 0.1) is 32.9 Å². The smallest absolute Gasteiger partial charge is 0.257 e. The molecule has 2 aromatic carbocycles. The maximum atomic E-state index is 12.8. The van der Waals surface area contributed by atoms with Crippen molar-refractivity contribution >= 4 is 5.91 Å². The van der Waals surface area contributed by atoms with Crippen LogP contribution < -0.4 is 14.2 Å². The van der Waals surface area contributed by atoms with E-state index in [9.17, 15) is 4.79 Å². The van der Waals surface area contributed by atoms with E-state index in [-0.39, 0.29) is 12.5 Å². The molecule has 0 aliphatic carbocycles. The van der Waals surface area contributed by atoms with Crippen LogP contribution in [0.4, 0.5) is 0 Å². The number of carbonyl (C=O) groups is 1. The van der Waals surface area contributed by atoms with Crippen molar-refractivity contribution in [2.45, 2.75) is 13.5 Å². The van der Waals surface area contributed by atoms with Crippen LogP contribution in [0.5, 0.6) is 17.2 Å². The SMILES string of the molecule is CCOc1ccccc1C(=O)N(C)Cc1nnc(-c2ccc(OC)c(OC)c2)o1. The zero-order valence-electron chi connectivity index (χ0n) is 16.8. The van der Waals surface area contributed by atoms with Gasteiger partial charge in [-0.05, 0) is 37.3 Å². The van der Waals surface area contributed by atoms with E-state index in [2.05, 4.69) is 10.2 Å². The van der Waals surface area contributed by atoms with E-state index in [0.29, 0.717) is 46.8 Å². The van der Waals surface area contributed by atoms with Gasteiger partial charge < -0.3 is 23.5 Å². The van der Waals surface area contributed by atoms with Crippen LogP contribution in [-0.2, 0) is 6.54 Å². The molecule has 3 aromatic rings. The Balaban J connectivity index is 1.75. The van der Waals surface area contributed by atoms with Crippen molar-refractivity contribution in [3.63, 3.8) is 0 Å². The van der Waals surface area contributed by atoms with E-state index >= 15 is 0 Å². The van der Waals surface area contributed by atoms with Crippen molar-refractivity contribution in [1.82, 2.24) is 15.1 Å². The summed E-state index contributed by atoms with van der Waals surface area (Å²) in [5, 5.41) is 8.13. The number of amides is 1. The highest BCUT2D eigenvalue weighted by molar-refractivity contribution is 5.96. The maximum Gasteiger partial charge on any atom is 0.257 e. The fourth-order valence-corrected chi connectivity index (χ4v) is 2.81. The van der Waals surface area contributed by atoms with E-state index < -0.39 is 0 Å². The van der Waals surface area contributed by atoms with E-state index in [1.54, 1.807) is 57.7 Å². The topological polar surface area (TPSA) is 86.9 Å². The first-order valence-electron chi connectivity index (χ1n) is 9.09. The Bertz CT molecular complexity index is 986. The highest BCUT2D eigenvalue weighted by atomic mass is 16.5. The highest BCUT2D eigenvalue weighted by Crippen LogP contribution is 2.31. The fourth-order valence-electron chi connectivity index (χ4n) is 2.81. The Hall–Kier alpha value is -3.55. The van der Waals surface area contributed by atoms with Crippen LogP contribution in [0.1, 0.15) is 23.2 Å². The van der Waals surface area contributed by atoms with Gasteiger partial charge in [0, 0.05) is 12.6 Å². The zero-order valence-corrected chi connectivity index (χ0v) is 16.8. The summed E-state index contributed by atoms with van der Waals surface area (Å²) in [6.07, 6.45) is 0. The van der Waals surface area contributed by atoms with Gasteiger partial charge in [-0.25, -0.2) is 0 Å². The van der Waals surface area contributed by atoms with Crippen LogP contribution >= 0.6 is 0 Å². The number of methoxy groups -OCH3 is 2. The zero-order chi connectivity index (χ0) is 20.8. The third kappa shape index (κ3) is 4.48. The van der Waals surface area contributed by atoms with Crippen LogP contribution in [-0.4, -0.2) is 48.9 Å². The lowest BCUT2D eigenvalue weighted by Gasteiger charge is -2.17. The molecule has 0 saturated heterocycles. The number of hydrogen-bond acceptors (Lipinski definition) is 7. The minimum Gasteiger partial charge on any atom is -0.493 e. The third-order valence-corrected chi connectivity index (χ3v) is 4.23. The Labute approximate surface area is 169 Å². The Morgan fingerprint density at radius 1 is 1.03 bits per heavy atom. The molecule has 1 aromatic heterocycles. The molecule has 0 fully saturated rings. The molecule has 0 aliphatic heterocycles. The Morgan fingerprint density at radius 2 is 1.79 bits per heavy atom. The van der Waals surface area contributed by atoms with Gasteiger partial charge in [0.1, 0.15) is 5.75 Å². The van der Waals surface area contributed by atoms with E-state index in [4.69, 9.17) is 18.6 Å². The van der Waals surface area contributed by atoms with Crippen molar-refractivity contribution in [1.29, 1.82) is 0 Å². The summed E-state index contributed by atoms with van der Waals surface area (Å²) < 4.78 is 21.8.